The summed E-state index contributed by atoms with van der Waals surface area (Å²) in [4.78, 5) is 13.8. The monoisotopic (exact) mass is 227 g/mol. The summed E-state index contributed by atoms with van der Waals surface area (Å²) in [6.45, 7) is 2.53. The Labute approximate surface area is 96.3 Å². The third kappa shape index (κ3) is 2.87. The highest BCUT2D eigenvalue weighted by Gasteiger charge is 2.37. The Kier molecular flexibility index (Phi) is 4.15. The topological polar surface area (TPSA) is 78.9 Å². The van der Waals surface area contributed by atoms with E-state index in [9.17, 15) is 4.79 Å². The van der Waals surface area contributed by atoms with Crippen molar-refractivity contribution in [1.82, 2.24) is 4.90 Å². The van der Waals surface area contributed by atoms with E-state index in [0.717, 1.165) is 25.7 Å². The van der Waals surface area contributed by atoms with Gasteiger partial charge in [-0.25, -0.2) is 0 Å². The summed E-state index contributed by atoms with van der Waals surface area (Å²) in [6.07, 6.45) is 4.63. The number of carbonyl (C=O) groups excluding carboxylic acids is 1. The Morgan fingerprint density at radius 3 is 2.56 bits per heavy atom. The molecule has 1 amide bonds. The number of oxime groups is 1. The number of amides is 1. The van der Waals surface area contributed by atoms with Crippen LogP contribution in [0.15, 0.2) is 5.16 Å². The van der Waals surface area contributed by atoms with Crippen molar-refractivity contribution in [3.05, 3.63) is 0 Å². The van der Waals surface area contributed by atoms with E-state index in [2.05, 4.69) is 5.16 Å². The van der Waals surface area contributed by atoms with E-state index in [1.54, 1.807) is 11.9 Å². The van der Waals surface area contributed by atoms with Crippen molar-refractivity contribution in [3.8, 4) is 0 Å². The molecule has 5 nitrogen and oxygen atoms in total. The third-order valence-corrected chi connectivity index (χ3v) is 3.40. The maximum absolute atomic E-state index is 12.2. The molecule has 0 bridgehead atoms. The van der Waals surface area contributed by atoms with Crippen LogP contribution in [0, 0.1) is 5.41 Å². The predicted octanol–water partition coefficient (Wildman–Crippen LogP) is 1.16. The second-order valence-corrected chi connectivity index (χ2v) is 4.84. The minimum absolute atomic E-state index is 0.163. The smallest absolute Gasteiger partial charge is 0.228 e. The fourth-order valence-corrected chi connectivity index (χ4v) is 2.26. The number of amidine groups is 1. The quantitative estimate of drug-likeness (QED) is 0.327. The first-order valence-corrected chi connectivity index (χ1v) is 5.71. The summed E-state index contributed by atoms with van der Waals surface area (Å²) in [6, 6.07) is 0. The largest absolute Gasteiger partial charge is 0.409 e. The Bertz CT molecular complexity index is 283. The molecule has 0 aliphatic heterocycles. The molecule has 0 saturated heterocycles. The summed E-state index contributed by atoms with van der Waals surface area (Å²) in [5, 5.41) is 11.3. The molecule has 1 aliphatic rings. The molecule has 1 aliphatic carbocycles. The molecule has 3 N–H and O–H groups in total. The van der Waals surface area contributed by atoms with Crippen LogP contribution in [-0.4, -0.2) is 35.4 Å². The average molecular weight is 227 g/mol. The summed E-state index contributed by atoms with van der Waals surface area (Å²) >= 11 is 0. The molecule has 1 saturated carbocycles. The van der Waals surface area contributed by atoms with E-state index in [1.165, 1.54) is 0 Å². The fourth-order valence-electron chi connectivity index (χ4n) is 2.26. The lowest BCUT2D eigenvalue weighted by atomic mass is 9.87. The molecule has 0 radical (unpaired) electrons. The standard InChI is InChI=1S/C11H21N3O2/c1-11(6-3-4-7-11)10(15)14(2)8-5-9(12)13-16/h16H,3-8H2,1-2H3,(H2,12,13). The maximum atomic E-state index is 12.2. The van der Waals surface area contributed by atoms with Crippen LogP contribution in [-0.2, 0) is 4.79 Å². The molecular formula is C11H21N3O2. The Hall–Kier alpha value is -1.26. The van der Waals surface area contributed by atoms with E-state index >= 15 is 0 Å². The van der Waals surface area contributed by atoms with Crippen LogP contribution in [0.1, 0.15) is 39.0 Å². The summed E-state index contributed by atoms with van der Waals surface area (Å²) in [5.41, 5.74) is 5.18. The first-order valence-electron chi connectivity index (χ1n) is 5.71. The minimum atomic E-state index is -0.195. The molecule has 0 aromatic rings. The van der Waals surface area contributed by atoms with Gasteiger partial charge < -0.3 is 15.8 Å². The lowest BCUT2D eigenvalue weighted by Crippen LogP contribution is -2.40. The van der Waals surface area contributed by atoms with Gasteiger partial charge in [-0.3, -0.25) is 4.79 Å². The van der Waals surface area contributed by atoms with E-state index < -0.39 is 0 Å². The van der Waals surface area contributed by atoms with Crippen LogP contribution in [0.3, 0.4) is 0 Å². The van der Waals surface area contributed by atoms with Crippen molar-refractivity contribution < 1.29 is 10.0 Å². The maximum Gasteiger partial charge on any atom is 0.228 e. The second kappa shape index (κ2) is 5.18. The van der Waals surface area contributed by atoms with Gasteiger partial charge in [-0.05, 0) is 12.8 Å². The van der Waals surface area contributed by atoms with Crippen molar-refractivity contribution in [2.75, 3.05) is 13.6 Å². The lowest BCUT2D eigenvalue weighted by Gasteiger charge is -2.28. The van der Waals surface area contributed by atoms with Crippen LogP contribution in [0.2, 0.25) is 0 Å². The van der Waals surface area contributed by atoms with Gasteiger partial charge in [0.15, 0.2) is 0 Å². The van der Waals surface area contributed by atoms with Crippen LogP contribution in [0.4, 0.5) is 0 Å². The van der Waals surface area contributed by atoms with Crippen molar-refractivity contribution in [2.24, 2.45) is 16.3 Å². The number of hydrogen-bond donors (Lipinski definition) is 2. The molecule has 0 aromatic carbocycles. The number of carbonyl (C=O) groups is 1. The van der Waals surface area contributed by atoms with Gasteiger partial charge in [0, 0.05) is 25.4 Å². The van der Waals surface area contributed by atoms with E-state index in [0.29, 0.717) is 13.0 Å². The molecule has 0 spiro atoms. The van der Waals surface area contributed by atoms with Crippen LogP contribution in [0.25, 0.3) is 0 Å². The van der Waals surface area contributed by atoms with Gasteiger partial charge in [-0.15, -0.1) is 0 Å². The first kappa shape index (κ1) is 12.8. The van der Waals surface area contributed by atoms with Gasteiger partial charge in [-0.1, -0.05) is 24.9 Å². The zero-order valence-electron chi connectivity index (χ0n) is 10.1. The zero-order valence-corrected chi connectivity index (χ0v) is 10.1. The van der Waals surface area contributed by atoms with Gasteiger partial charge in [-0.2, -0.15) is 0 Å². The third-order valence-electron chi connectivity index (χ3n) is 3.40. The lowest BCUT2D eigenvalue weighted by molar-refractivity contribution is -0.139. The molecule has 5 heteroatoms. The fraction of sp³-hybridized carbons (Fsp3) is 0.818. The molecule has 0 atom stereocenters. The molecular weight excluding hydrogens is 206 g/mol. The van der Waals surface area contributed by atoms with Gasteiger partial charge in [0.2, 0.25) is 5.91 Å². The SMILES string of the molecule is CN(CCC(N)=NO)C(=O)C1(C)CCCC1. The van der Waals surface area contributed by atoms with Crippen molar-refractivity contribution in [2.45, 2.75) is 39.0 Å². The van der Waals surface area contributed by atoms with Crippen LogP contribution >= 0.6 is 0 Å². The molecule has 16 heavy (non-hydrogen) atoms. The van der Waals surface area contributed by atoms with Crippen molar-refractivity contribution in [1.29, 1.82) is 0 Å². The summed E-state index contributed by atoms with van der Waals surface area (Å²) in [7, 11) is 1.77. The Balaban J connectivity index is 2.47. The average Bonchev–Trinajstić information content (AvgIpc) is 2.72. The van der Waals surface area contributed by atoms with Crippen molar-refractivity contribution >= 4 is 11.7 Å². The Morgan fingerprint density at radius 1 is 1.50 bits per heavy atom. The number of nitrogens with zero attached hydrogens (tertiary/aromatic N) is 2. The van der Waals surface area contributed by atoms with Gasteiger partial charge >= 0.3 is 0 Å². The van der Waals surface area contributed by atoms with Crippen LogP contribution in [0.5, 0.6) is 0 Å². The summed E-state index contributed by atoms with van der Waals surface area (Å²) in [5.74, 6) is 0.340. The molecule has 0 aromatic heterocycles. The molecule has 92 valence electrons. The van der Waals surface area contributed by atoms with Gasteiger partial charge in [0.05, 0.1) is 0 Å². The van der Waals surface area contributed by atoms with E-state index in [-0.39, 0.29) is 17.2 Å². The minimum Gasteiger partial charge on any atom is -0.409 e. The normalized spacial score (nSPS) is 19.8. The second-order valence-electron chi connectivity index (χ2n) is 4.84. The Morgan fingerprint density at radius 2 is 2.06 bits per heavy atom. The predicted molar refractivity (Wildman–Crippen MR) is 62.2 cm³/mol. The first-order chi connectivity index (χ1) is 7.49. The van der Waals surface area contributed by atoms with Crippen LogP contribution < -0.4 is 5.73 Å². The number of rotatable bonds is 4. The van der Waals surface area contributed by atoms with Gasteiger partial charge in [0.25, 0.3) is 0 Å². The zero-order chi connectivity index (χ0) is 12.2. The summed E-state index contributed by atoms with van der Waals surface area (Å²) < 4.78 is 0. The molecule has 0 heterocycles. The number of hydrogen-bond acceptors (Lipinski definition) is 3. The highest BCUT2D eigenvalue weighted by molar-refractivity contribution is 5.84. The molecule has 1 fully saturated rings. The van der Waals surface area contributed by atoms with Gasteiger partial charge in [0.1, 0.15) is 5.84 Å². The highest BCUT2D eigenvalue weighted by Crippen LogP contribution is 2.38. The molecule has 0 unspecified atom stereocenters. The van der Waals surface area contributed by atoms with E-state index in [4.69, 9.17) is 10.9 Å². The van der Waals surface area contributed by atoms with E-state index in [1.807, 2.05) is 6.92 Å². The number of nitrogens with two attached hydrogens (primary N) is 1. The van der Waals surface area contributed by atoms with Crippen molar-refractivity contribution in [3.63, 3.8) is 0 Å². The molecule has 1 rings (SSSR count). The highest BCUT2D eigenvalue weighted by atomic mass is 16.4.